The Morgan fingerprint density at radius 3 is 2.06 bits per heavy atom. The quantitative estimate of drug-likeness (QED) is 0.151. The van der Waals surface area contributed by atoms with Gasteiger partial charge in [0.2, 0.25) is 11.8 Å². The van der Waals surface area contributed by atoms with Crippen LogP contribution >= 0.6 is 0 Å². The van der Waals surface area contributed by atoms with E-state index in [-0.39, 0.29) is 24.6 Å². The molecular weight excluding hydrogens is 669 g/mol. The average Bonchev–Trinajstić information content (AvgIpc) is 3.15. The maximum atomic E-state index is 14.4. The number of phenolic OH excluding ortho intramolecular Hbond substituents is 1. The van der Waals surface area contributed by atoms with Crippen LogP contribution in [0.25, 0.3) is 6.08 Å². The molecule has 52 heavy (non-hydrogen) atoms. The number of hydrogen-bond acceptors (Lipinski definition) is 6. The Labute approximate surface area is 303 Å². The number of alkyl halides is 3. The fourth-order valence-electron chi connectivity index (χ4n) is 6.06. The Morgan fingerprint density at radius 2 is 1.42 bits per heavy atom. The first-order chi connectivity index (χ1) is 25.0. The number of carbonyl (C=O) groups is 2. The molecule has 2 amide bonds. The topological polar surface area (TPSA) is 76.6 Å². The van der Waals surface area contributed by atoms with Gasteiger partial charge in [-0.05, 0) is 71.8 Å². The summed E-state index contributed by atoms with van der Waals surface area (Å²) in [6, 6.07) is 28.1. The van der Waals surface area contributed by atoms with Crippen molar-refractivity contribution in [2.24, 2.45) is 0 Å². The van der Waals surface area contributed by atoms with Gasteiger partial charge in [-0.2, -0.15) is 13.2 Å². The molecule has 1 atom stereocenters. The fourth-order valence-corrected chi connectivity index (χ4v) is 6.06. The molecule has 1 heterocycles. The van der Waals surface area contributed by atoms with E-state index < -0.39 is 23.7 Å². The minimum atomic E-state index is -4.47. The van der Waals surface area contributed by atoms with Crippen LogP contribution in [0.1, 0.15) is 27.8 Å². The zero-order chi connectivity index (χ0) is 37.1. The van der Waals surface area contributed by atoms with Crippen molar-refractivity contribution in [2.75, 3.05) is 58.4 Å². The number of likely N-dealkylation sites (N-methyl/N-ethyl adjacent to an activating group) is 2. The number of ether oxygens (including phenoxy) is 1. The molecule has 274 valence electrons. The summed E-state index contributed by atoms with van der Waals surface area (Å²) in [4.78, 5) is 36.1. The molecule has 0 radical (unpaired) electrons. The maximum absolute atomic E-state index is 14.4. The molecule has 0 saturated carbocycles. The van der Waals surface area contributed by atoms with Crippen LogP contribution in [0.5, 0.6) is 5.75 Å². The van der Waals surface area contributed by atoms with Crippen molar-refractivity contribution in [3.8, 4) is 5.75 Å². The zero-order valence-corrected chi connectivity index (χ0v) is 29.5. The smallest absolute Gasteiger partial charge is 0.416 e. The maximum Gasteiger partial charge on any atom is 0.416 e. The van der Waals surface area contributed by atoms with Gasteiger partial charge < -0.3 is 29.4 Å². The van der Waals surface area contributed by atoms with E-state index in [1.165, 1.54) is 24.3 Å². The average molecular weight is 715 g/mol. The lowest BCUT2D eigenvalue weighted by Crippen LogP contribution is -2.51. The number of anilines is 1. The van der Waals surface area contributed by atoms with Crippen LogP contribution < -0.4 is 4.90 Å². The van der Waals surface area contributed by atoms with Crippen LogP contribution in [-0.4, -0.2) is 91.2 Å². The number of phenols is 1. The summed E-state index contributed by atoms with van der Waals surface area (Å²) < 4.78 is 45.0. The molecular formula is C41H45F3N4O4. The number of hydrogen-bond donors (Lipinski definition) is 1. The highest BCUT2D eigenvalue weighted by Crippen LogP contribution is 2.29. The van der Waals surface area contributed by atoms with E-state index in [1.54, 1.807) is 29.0 Å². The minimum absolute atomic E-state index is 0.136. The molecule has 0 spiro atoms. The number of nitrogens with zero attached hydrogens (tertiary/aromatic N) is 4. The lowest BCUT2D eigenvalue weighted by molar-refractivity contribution is -0.143. The third-order valence-corrected chi connectivity index (χ3v) is 9.12. The van der Waals surface area contributed by atoms with Gasteiger partial charge >= 0.3 is 6.18 Å². The third kappa shape index (κ3) is 10.9. The Balaban J connectivity index is 1.40. The lowest BCUT2D eigenvalue weighted by atomic mass is 10.0. The summed E-state index contributed by atoms with van der Waals surface area (Å²) >= 11 is 0. The Kier molecular flexibility index (Phi) is 13.1. The van der Waals surface area contributed by atoms with Crippen LogP contribution in [-0.2, 0) is 40.0 Å². The van der Waals surface area contributed by atoms with Gasteiger partial charge in [-0.3, -0.25) is 9.59 Å². The predicted molar refractivity (Wildman–Crippen MR) is 197 cm³/mol. The minimum Gasteiger partial charge on any atom is -0.508 e. The standard InChI is InChI=1S/C41H45F3N4O4/c1-45(29-33-12-19-37(49)20-13-33)22-23-46(2)40(51)38(28-32-6-4-3-5-7-32)48(30-34-10-17-36(18-11-34)47-24-26-52-27-25-47)39(50)21-14-31-8-15-35(16-9-31)41(42,43)44/h3-21,38,49H,22-30H2,1-2H3/b21-14+/t38-/m0/s1. The van der Waals surface area contributed by atoms with Crippen molar-refractivity contribution in [1.82, 2.24) is 14.7 Å². The summed E-state index contributed by atoms with van der Waals surface area (Å²) in [6.45, 7) is 4.58. The van der Waals surface area contributed by atoms with Gasteiger partial charge in [0.1, 0.15) is 11.8 Å². The molecule has 5 rings (SSSR count). The predicted octanol–water partition coefficient (Wildman–Crippen LogP) is 6.49. The van der Waals surface area contributed by atoms with Gasteiger partial charge in [0, 0.05) is 64.5 Å². The molecule has 0 bridgehead atoms. The summed E-state index contributed by atoms with van der Waals surface area (Å²) in [6.07, 6.45) is -1.41. The van der Waals surface area contributed by atoms with E-state index in [0.717, 1.165) is 47.6 Å². The normalized spacial score (nSPS) is 14.1. The molecule has 0 aliphatic carbocycles. The van der Waals surface area contributed by atoms with Crippen molar-refractivity contribution in [3.05, 3.63) is 137 Å². The number of carbonyl (C=O) groups excluding carboxylic acids is 2. The fraction of sp³-hybridized carbons (Fsp3) is 0.317. The second-order valence-corrected chi connectivity index (χ2v) is 13.1. The van der Waals surface area contributed by atoms with Gasteiger partial charge in [0.25, 0.3) is 0 Å². The molecule has 0 aromatic heterocycles. The first kappa shape index (κ1) is 38.1. The van der Waals surface area contributed by atoms with Crippen LogP contribution in [0.3, 0.4) is 0 Å². The molecule has 1 fully saturated rings. The second kappa shape index (κ2) is 17.9. The number of aromatic hydroxyl groups is 1. The highest BCUT2D eigenvalue weighted by molar-refractivity contribution is 5.95. The number of halogens is 3. The van der Waals surface area contributed by atoms with E-state index in [0.29, 0.717) is 38.4 Å². The Morgan fingerprint density at radius 1 is 0.808 bits per heavy atom. The molecule has 8 nitrogen and oxygen atoms in total. The molecule has 4 aromatic rings. The molecule has 1 aliphatic rings. The van der Waals surface area contributed by atoms with Crippen molar-refractivity contribution in [3.63, 3.8) is 0 Å². The molecule has 1 aliphatic heterocycles. The van der Waals surface area contributed by atoms with Crippen molar-refractivity contribution in [1.29, 1.82) is 0 Å². The lowest BCUT2D eigenvalue weighted by Gasteiger charge is -2.34. The SMILES string of the molecule is CN(CCN(C)C(=O)[C@H](Cc1ccccc1)N(Cc1ccc(N2CCOCC2)cc1)C(=O)/C=C/c1ccc(C(F)(F)F)cc1)Cc1ccc(O)cc1. The van der Waals surface area contributed by atoms with Crippen LogP contribution in [0.2, 0.25) is 0 Å². The van der Waals surface area contributed by atoms with Crippen molar-refractivity contribution >= 4 is 23.6 Å². The number of morpholine rings is 1. The number of amides is 2. The van der Waals surface area contributed by atoms with Gasteiger partial charge in [-0.15, -0.1) is 0 Å². The molecule has 1 N–H and O–H groups in total. The van der Waals surface area contributed by atoms with E-state index in [2.05, 4.69) is 9.80 Å². The molecule has 1 saturated heterocycles. The van der Waals surface area contributed by atoms with Crippen LogP contribution in [0, 0.1) is 0 Å². The first-order valence-electron chi connectivity index (χ1n) is 17.3. The Bertz CT molecular complexity index is 1760. The van der Waals surface area contributed by atoms with E-state index in [1.807, 2.05) is 73.8 Å². The largest absolute Gasteiger partial charge is 0.508 e. The van der Waals surface area contributed by atoms with Gasteiger partial charge in [-0.25, -0.2) is 0 Å². The summed E-state index contributed by atoms with van der Waals surface area (Å²) in [5.41, 5.74) is 3.42. The molecule has 11 heteroatoms. The van der Waals surface area contributed by atoms with E-state index in [9.17, 15) is 27.9 Å². The number of rotatable bonds is 14. The highest BCUT2D eigenvalue weighted by Gasteiger charge is 2.32. The summed E-state index contributed by atoms with van der Waals surface area (Å²) in [5, 5.41) is 9.62. The first-order valence-corrected chi connectivity index (χ1v) is 17.3. The Hall–Kier alpha value is -5.13. The summed E-state index contributed by atoms with van der Waals surface area (Å²) in [5.74, 6) is -0.477. The van der Waals surface area contributed by atoms with E-state index in [4.69, 9.17) is 4.74 Å². The van der Waals surface area contributed by atoms with Crippen LogP contribution in [0.4, 0.5) is 18.9 Å². The summed E-state index contributed by atoms with van der Waals surface area (Å²) in [7, 11) is 3.68. The van der Waals surface area contributed by atoms with Crippen LogP contribution in [0.15, 0.2) is 109 Å². The van der Waals surface area contributed by atoms with Crippen molar-refractivity contribution < 1.29 is 32.6 Å². The van der Waals surface area contributed by atoms with Gasteiger partial charge in [0.15, 0.2) is 0 Å². The zero-order valence-electron chi connectivity index (χ0n) is 29.5. The van der Waals surface area contributed by atoms with E-state index >= 15 is 0 Å². The number of benzene rings is 4. The third-order valence-electron chi connectivity index (χ3n) is 9.12. The molecule has 0 unspecified atom stereocenters. The van der Waals surface area contributed by atoms with Gasteiger partial charge in [-0.1, -0.05) is 66.7 Å². The van der Waals surface area contributed by atoms with Gasteiger partial charge in [0.05, 0.1) is 18.8 Å². The highest BCUT2D eigenvalue weighted by atomic mass is 19.4. The van der Waals surface area contributed by atoms with Crippen molar-refractivity contribution in [2.45, 2.75) is 31.7 Å². The molecule has 4 aromatic carbocycles. The monoisotopic (exact) mass is 714 g/mol. The second-order valence-electron chi connectivity index (χ2n) is 13.1.